The Hall–Kier alpha value is -1.10. The number of carbonyl (C=O) groups excluding carboxylic acids is 2. The number of hydrogen-bond acceptors (Lipinski definition) is 5. The molecule has 1 atom stereocenters. The second kappa shape index (κ2) is 8.91. The Morgan fingerprint density at radius 3 is 1.84 bits per heavy atom. The molecule has 0 saturated heterocycles. The minimum atomic E-state index is -0.893. The summed E-state index contributed by atoms with van der Waals surface area (Å²) >= 11 is 0. The largest absolute Gasteiger partial charge is 0.463 e. The van der Waals surface area contributed by atoms with Gasteiger partial charge in [0.1, 0.15) is 0 Å². The first kappa shape index (κ1) is 17.9. The molecule has 0 saturated carbocycles. The third-order valence-electron chi connectivity index (χ3n) is 1.96. The molecule has 112 valence electrons. The molecule has 19 heavy (non-hydrogen) atoms. The Morgan fingerprint density at radius 2 is 1.42 bits per heavy atom. The molecule has 0 bridgehead atoms. The molecular weight excluding hydrogens is 248 g/mol. The normalized spacial score (nSPS) is 12.9. The molecule has 0 spiro atoms. The molecule has 0 N–H and O–H groups in total. The van der Waals surface area contributed by atoms with E-state index in [0.717, 1.165) is 0 Å². The lowest BCUT2D eigenvalue weighted by atomic mass is 10.2. The van der Waals surface area contributed by atoms with Crippen LogP contribution >= 0.6 is 0 Å². The number of carbonyl (C=O) groups is 2. The lowest BCUT2D eigenvalue weighted by molar-refractivity contribution is -0.168. The molecule has 0 heterocycles. The molecule has 0 aromatic rings. The highest BCUT2D eigenvalue weighted by molar-refractivity contribution is 5.82. The molecule has 5 heteroatoms. The summed E-state index contributed by atoms with van der Waals surface area (Å²) in [5, 5.41) is 0. The van der Waals surface area contributed by atoms with Crippen molar-refractivity contribution in [3.05, 3.63) is 0 Å². The summed E-state index contributed by atoms with van der Waals surface area (Å²) in [6, 6.07) is 0. The molecule has 0 aromatic heterocycles. The maximum atomic E-state index is 11.8. The summed E-state index contributed by atoms with van der Waals surface area (Å²) in [5.74, 6) is -0.698. The Bertz CT molecular complexity index is 284. The minimum absolute atomic E-state index is 0.115. The average Bonchev–Trinajstić information content (AvgIpc) is 2.21. The van der Waals surface area contributed by atoms with E-state index in [1.165, 1.54) is 0 Å². The second-order valence-electron chi connectivity index (χ2n) is 5.44. The van der Waals surface area contributed by atoms with Gasteiger partial charge in [-0.3, -0.25) is 4.79 Å². The minimum Gasteiger partial charge on any atom is -0.463 e. The molecule has 0 aliphatic rings. The number of ether oxygens (including phenoxy) is 3. The Morgan fingerprint density at radius 1 is 0.895 bits per heavy atom. The van der Waals surface area contributed by atoms with Crippen LogP contribution < -0.4 is 0 Å². The lowest BCUT2D eigenvalue weighted by Gasteiger charge is -2.19. The number of rotatable bonds is 8. The molecule has 0 aliphatic heterocycles. The Kier molecular flexibility index (Phi) is 8.39. The smallest absolute Gasteiger partial charge is 0.336 e. The van der Waals surface area contributed by atoms with Crippen LogP contribution in [0.25, 0.3) is 0 Å². The van der Waals surface area contributed by atoms with Crippen molar-refractivity contribution in [1.29, 1.82) is 0 Å². The third kappa shape index (κ3) is 9.47. The molecule has 0 fully saturated rings. The average molecular weight is 274 g/mol. The van der Waals surface area contributed by atoms with Crippen LogP contribution in [0.1, 0.15) is 48.0 Å². The van der Waals surface area contributed by atoms with E-state index in [9.17, 15) is 9.59 Å². The van der Waals surface area contributed by atoms with Gasteiger partial charge in [-0.2, -0.15) is 0 Å². The second-order valence-corrected chi connectivity index (χ2v) is 5.44. The highest BCUT2D eigenvalue weighted by Gasteiger charge is 2.26. The van der Waals surface area contributed by atoms with Crippen LogP contribution in [0.5, 0.6) is 0 Å². The highest BCUT2D eigenvalue weighted by Crippen LogP contribution is 2.09. The van der Waals surface area contributed by atoms with Crippen LogP contribution in [0.4, 0.5) is 0 Å². The summed E-state index contributed by atoms with van der Waals surface area (Å²) in [6.45, 7) is 11.4. The van der Waals surface area contributed by atoms with Crippen molar-refractivity contribution in [3.63, 3.8) is 0 Å². The zero-order valence-electron chi connectivity index (χ0n) is 12.8. The predicted octanol–water partition coefficient (Wildman–Crippen LogP) is 2.32. The van der Waals surface area contributed by atoms with Gasteiger partial charge in [0.25, 0.3) is 0 Å². The number of esters is 2. The maximum absolute atomic E-state index is 11.8. The van der Waals surface area contributed by atoms with Gasteiger partial charge in [0, 0.05) is 0 Å². The zero-order chi connectivity index (χ0) is 15.0. The van der Waals surface area contributed by atoms with Gasteiger partial charge in [0.2, 0.25) is 0 Å². The van der Waals surface area contributed by atoms with Crippen molar-refractivity contribution in [2.45, 2.75) is 66.3 Å². The molecule has 0 aliphatic carbocycles. The van der Waals surface area contributed by atoms with Crippen molar-refractivity contribution in [2.24, 2.45) is 5.92 Å². The van der Waals surface area contributed by atoms with Crippen LogP contribution in [0.15, 0.2) is 0 Å². The quantitative estimate of drug-likeness (QED) is 0.636. The van der Waals surface area contributed by atoms with E-state index in [1.54, 1.807) is 27.7 Å². The Balaban J connectivity index is 4.48. The van der Waals surface area contributed by atoms with E-state index in [0.29, 0.717) is 6.61 Å². The van der Waals surface area contributed by atoms with Crippen molar-refractivity contribution in [1.82, 2.24) is 0 Å². The molecule has 0 aromatic carbocycles. The first-order valence-corrected chi connectivity index (χ1v) is 6.74. The van der Waals surface area contributed by atoms with Gasteiger partial charge >= 0.3 is 11.9 Å². The monoisotopic (exact) mass is 274 g/mol. The molecule has 1 unspecified atom stereocenters. The lowest BCUT2D eigenvalue weighted by Crippen LogP contribution is -2.33. The van der Waals surface area contributed by atoms with Crippen molar-refractivity contribution >= 4 is 11.9 Å². The fourth-order valence-electron chi connectivity index (χ4n) is 1.29. The molecule has 0 rings (SSSR count). The van der Waals surface area contributed by atoms with Crippen molar-refractivity contribution in [3.8, 4) is 0 Å². The van der Waals surface area contributed by atoms with Gasteiger partial charge < -0.3 is 14.2 Å². The first-order valence-electron chi connectivity index (χ1n) is 6.74. The Labute approximate surface area is 115 Å². The molecule has 5 nitrogen and oxygen atoms in total. The maximum Gasteiger partial charge on any atom is 0.336 e. The SMILES string of the molecule is CC(C)COC(CC(=O)OC(C)C)C(=O)OC(C)C. The van der Waals surface area contributed by atoms with Crippen LogP contribution in [0, 0.1) is 5.92 Å². The van der Waals surface area contributed by atoms with Gasteiger partial charge in [-0.25, -0.2) is 4.79 Å². The zero-order valence-corrected chi connectivity index (χ0v) is 12.8. The summed E-state index contributed by atoms with van der Waals surface area (Å²) < 4.78 is 15.5. The summed E-state index contributed by atoms with van der Waals surface area (Å²) in [4.78, 5) is 23.4. The van der Waals surface area contributed by atoms with Crippen molar-refractivity contribution in [2.75, 3.05) is 6.61 Å². The van der Waals surface area contributed by atoms with E-state index in [4.69, 9.17) is 14.2 Å². The molecule has 0 amide bonds. The summed E-state index contributed by atoms with van der Waals surface area (Å²) in [6.07, 6.45) is -1.45. The third-order valence-corrected chi connectivity index (χ3v) is 1.96. The standard InChI is InChI=1S/C14H26O5/c1-9(2)8-17-12(14(16)19-11(5)6)7-13(15)18-10(3)4/h9-12H,7-8H2,1-6H3. The first-order chi connectivity index (χ1) is 8.72. The highest BCUT2D eigenvalue weighted by atomic mass is 16.6. The van der Waals surface area contributed by atoms with Crippen molar-refractivity contribution < 1.29 is 23.8 Å². The van der Waals surface area contributed by atoms with Gasteiger partial charge in [-0.15, -0.1) is 0 Å². The van der Waals surface area contributed by atoms with Crippen LogP contribution in [-0.4, -0.2) is 36.9 Å². The van der Waals surface area contributed by atoms with Gasteiger partial charge in [-0.05, 0) is 33.6 Å². The van der Waals surface area contributed by atoms with Crippen LogP contribution in [-0.2, 0) is 23.8 Å². The predicted molar refractivity (Wildman–Crippen MR) is 71.7 cm³/mol. The topological polar surface area (TPSA) is 61.8 Å². The fourth-order valence-corrected chi connectivity index (χ4v) is 1.29. The van der Waals surface area contributed by atoms with Gasteiger partial charge in [0.05, 0.1) is 25.2 Å². The fraction of sp³-hybridized carbons (Fsp3) is 0.857. The van der Waals surface area contributed by atoms with E-state index in [-0.39, 0.29) is 24.5 Å². The van der Waals surface area contributed by atoms with Crippen LogP contribution in [0.2, 0.25) is 0 Å². The molecular formula is C14H26O5. The number of hydrogen-bond donors (Lipinski definition) is 0. The molecule has 0 radical (unpaired) electrons. The van der Waals surface area contributed by atoms with E-state index < -0.39 is 18.0 Å². The van der Waals surface area contributed by atoms with Gasteiger partial charge in [0.15, 0.2) is 6.10 Å². The summed E-state index contributed by atoms with van der Waals surface area (Å²) in [7, 11) is 0. The summed E-state index contributed by atoms with van der Waals surface area (Å²) in [5.41, 5.74) is 0. The van der Waals surface area contributed by atoms with E-state index in [1.807, 2.05) is 13.8 Å². The van der Waals surface area contributed by atoms with Gasteiger partial charge in [-0.1, -0.05) is 13.8 Å². The van der Waals surface area contributed by atoms with E-state index >= 15 is 0 Å². The van der Waals surface area contributed by atoms with E-state index in [2.05, 4.69) is 0 Å². The van der Waals surface area contributed by atoms with Crippen LogP contribution in [0.3, 0.4) is 0 Å².